The molecule has 0 fully saturated rings. The molecule has 0 amide bonds. The molecule has 0 saturated carbocycles. The predicted molar refractivity (Wildman–Crippen MR) is 68.9 cm³/mol. The molecule has 86 valence electrons. The molecule has 0 aliphatic carbocycles. The number of methoxy groups -OCH3 is 1. The Morgan fingerprint density at radius 3 is 2.82 bits per heavy atom. The molecule has 0 unspecified atom stereocenters. The summed E-state index contributed by atoms with van der Waals surface area (Å²) in [7, 11) is 3.68. The summed E-state index contributed by atoms with van der Waals surface area (Å²) in [5.41, 5.74) is 3.35. The number of nitriles is 1. The Morgan fingerprint density at radius 2 is 2.18 bits per heavy atom. The maximum atomic E-state index is 8.63. The highest BCUT2D eigenvalue weighted by molar-refractivity contribution is 5.92. The topological polar surface area (TPSA) is 37.9 Å². The van der Waals surface area contributed by atoms with Crippen molar-refractivity contribution in [1.82, 2.24) is 4.57 Å². The SMILES string of the molecule is COc1ccc2c(c1)c(C=CC#N)c(C)n2C. The van der Waals surface area contributed by atoms with Gasteiger partial charge in [0.25, 0.3) is 0 Å². The molecule has 3 heteroatoms. The fraction of sp³-hybridized carbons (Fsp3) is 0.214. The summed E-state index contributed by atoms with van der Waals surface area (Å²) in [5.74, 6) is 0.828. The third-order valence-corrected chi connectivity index (χ3v) is 3.07. The first-order valence-corrected chi connectivity index (χ1v) is 5.38. The summed E-state index contributed by atoms with van der Waals surface area (Å²) >= 11 is 0. The van der Waals surface area contributed by atoms with Crippen LogP contribution < -0.4 is 4.74 Å². The van der Waals surface area contributed by atoms with Crippen LogP contribution in [-0.2, 0) is 7.05 Å². The summed E-state index contributed by atoms with van der Waals surface area (Å²) in [6.45, 7) is 2.05. The summed E-state index contributed by atoms with van der Waals surface area (Å²) in [6.07, 6.45) is 3.35. The van der Waals surface area contributed by atoms with Crippen LogP contribution in [0.3, 0.4) is 0 Å². The van der Waals surface area contributed by atoms with Gasteiger partial charge in [-0.2, -0.15) is 5.26 Å². The van der Waals surface area contributed by atoms with E-state index in [1.165, 1.54) is 6.08 Å². The van der Waals surface area contributed by atoms with Crippen molar-refractivity contribution in [2.24, 2.45) is 7.05 Å². The molecule has 1 aromatic heterocycles. The van der Waals surface area contributed by atoms with E-state index < -0.39 is 0 Å². The first-order chi connectivity index (χ1) is 8.19. The van der Waals surface area contributed by atoms with Gasteiger partial charge in [0.2, 0.25) is 0 Å². The molecular weight excluding hydrogens is 212 g/mol. The van der Waals surface area contributed by atoms with E-state index in [1.807, 2.05) is 44.3 Å². The molecule has 2 rings (SSSR count). The first-order valence-electron chi connectivity index (χ1n) is 5.38. The van der Waals surface area contributed by atoms with E-state index in [1.54, 1.807) is 7.11 Å². The van der Waals surface area contributed by atoms with Crippen LogP contribution in [-0.4, -0.2) is 11.7 Å². The standard InChI is InChI=1S/C14H14N2O/c1-10-12(5-4-8-15)13-9-11(17-3)6-7-14(13)16(10)2/h4-7,9H,1-3H3. The minimum atomic E-state index is 0.828. The Labute approximate surface area is 101 Å². The lowest BCUT2D eigenvalue weighted by molar-refractivity contribution is 0.415. The third kappa shape index (κ3) is 1.78. The van der Waals surface area contributed by atoms with Crippen LogP contribution in [0.5, 0.6) is 5.75 Å². The zero-order valence-electron chi connectivity index (χ0n) is 10.2. The van der Waals surface area contributed by atoms with Crippen molar-refractivity contribution >= 4 is 17.0 Å². The first kappa shape index (κ1) is 11.3. The number of aromatic nitrogens is 1. The third-order valence-electron chi connectivity index (χ3n) is 3.07. The van der Waals surface area contributed by atoms with Crippen LogP contribution in [0.4, 0.5) is 0 Å². The number of ether oxygens (including phenoxy) is 1. The van der Waals surface area contributed by atoms with Gasteiger partial charge in [0, 0.05) is 35.3 Å². The average Bonchev–Trinajstić information content (AvgIpc) is 2.59. The van der Waals surface area contributed by atoms with E-state index >= 15 is 0 Å². The fourth-order valence-corrected chi connectivity index (χ4v) is 2.04. The van der Waals surface area contributed by atoms with Crippen molar-refractivity contribution in [2.45, 2.75) is 6.92 Å². The molecule has 0 atom stereocenters. The van der Waals surface area contributed by atoms with Gasteiger partial charge in [-0.3, -0.25) is 0 Å². The second-order valence-corrected chi connectivity index (χ2v) is 3.90. The quantitative estimate of drug-likeness (QED) is 0.738. The van der Waals surface area contributed by atoms with E-state index in [0.29, 0.717) is 0 Å². The van der Waals surface area contributed by atoms with Crippen LogP contribution >= 0.6 is 0 Å². The lowest BCUT2D eigenvalue weighted by atomic mass is 10.1. The van der Waals surface area contributed by atoms with Gasteiger partial charge in [-0.15, -0.1) is 0 Å². The largest absolute Gasteiger partial charge is 0.497 e. The van der Waals surface area contributed by atoms with Crippen molar-refractivity contribution in [3.8, 4) is 11.8 Å². The second kappa shape index (κ2) is 4.34. The van der Waals surface area contributed by atoms with Gasteiger partial charge in [-0.1, -0.05) is 0 Å². The molecule has 0 saturated heterocycles. The fourth-order valence-electron chi connectivity index (χ4n) is 2.04. The highest BCUT2D eigenvalue weighted by Crippen LogP contribution is 2.29. The molecule has 2 aromatic rings. The monoisotopic (exact) mass is 226 g/mol. The van der Waals surface area contributed by atoms with Crippen LogP contribution in [0.2, 0.25) is 0 Å². The molecule has 1 aromatic carbocycles. The second-order valence-electron chi connectivity index (χ2n) is 3.90. The molecule has 3 nitrogen and oxygen atoms in total. The summed E-state index contributed by atoms with van der Waals surface area (Å²) in [4.78, 5) is 0. The van der Waals surface area contributed by atoms with Gasteiger partial charge in [0.05, 0.1) is 13.2 Å². The molecule has 0 bridgehead atoms. The Bertz CT molecular complexity index is 630. The van der Waals surface area contributed by atoms with Gasteiger partial charge in [0.1, 0.15) is 5.75 Å². The van der Waals surface area contributed by atoms with Crippen molar-refractivity contribution in [3.05, 3.63) is 35.5 Å². The number of benzene rings is 1. The van der Waals surface area contributed by atoms with Crippen molar-refractivity contribution < 1.29 is 4.74 Å². The van der Waals surface area contributed by atoms with Gasteiger partial charge in [-0.05, 0) is 31.2 Å². The van der Waals surface area contributed by atoms with E-state index in [-0.39, 0.29) is 0 Å². The molecule has 17 heavy (non-hydrogen) atoms. The number of aryl methyl sites for hydroxylation is 1. The lowest BCUT2D eigenvalue weighted by Crippen LogP contribution is -1.90. The van der Waals surface area contributed by atoms with Gasteiger partial charge in [0.15, 0.2) is 0 Å². The number of rotatable bonds is 2. The highest BCUT2D eigenvalue weighted by atomic mass is 16.5. The normalized spacial score (nSPS) is 10.9. The zero-order valence-corrected chi connectivity index (χ0v) is 10.2. The molecule has 0 aliphatic rings. The van der Waals surface area contributed by atoms with Crippen LogP contribution in [0.15, 0.2) is 24.3 Å². The molecule has 0 spiro atoms. The molecule has 0 radical (unpaired) electrons. The van der Waals surface area contributed by atoms with Gasteiger partial charge >= 0.3 is 0 Å². The summed E-state index contributed by atoms with van der Waals surface area (Å²) in [5, 5.41) is 9.74. The Kier molecular flexibility index (Phi) is 2.88. The Morgan fingerprint density at radius 1 is 1.41 bits per heavy atom. The smallest absolute Gasteiger partial charge is 0.119 e. The molecule has 1 heterocycles. The van der Waals surface area contributed by atoms with Crippen LogP contribution in [0.25, 0.3) is 17.0 Å². The van der Waals surface area contributed by atoms with Gasteiger partial charge < -0.3 is 9.30 Å². The number of allylic oxidation sites excluding steroid dienone is 1. The highest BCUT2D eigenvalue weighted by Gasteiger charge is 2.10. The predicted octanol–water partition coefficient (Wildman–Crippen LogP) is 3.03. The number of fused-ring (bicyclic) bond motifs is 1. The lowest BCUT2D eigenvalue weighted by Gasteiger charge is -2.00. The van der Waals surface area contributed by atoms with E-state index in [4.69, 9.17) is 10.00 Å². The Hall–Kier alpha value is -2.21. The average molecular weight is 226 g/mol. The zero-order chi connectivity index (χ0) is 12.4. The Balaban J connectivity index is 2.76. The minimum absolute atomic E-state index is 0.828. The van der Waals surface area contributed by atoms with E-state index in [0.717, 1.165) is 27.9 Å². The minimum Gasteiger partial charge on any atom is -0.497 e. The summed E-state index contributed by atoms with van der Waals surface area (Å²) < 4.78 is 7.35. The van der Waals surface area contributed by atoms with Crippen molar-refractivity contribution in [3.63, 3.8) is 0 Å². The number of hydrogen-bond donors (Lipinski definition) is 0. The maximum absolute atomic E-state index is 8.63. The van der Waals surface area contributed by atoms with E-state index in [2.05, 4.69) is 4.57 Å². The summed E-state index contributed by atoms with van der Waals surface area (Å²) in [6, 6.07) is 8.00. The van der Waals surface area contributed by atoms with Crippen molar-refractivity contribution in [2.75, 3.05) is 7.11 Å². The van der Waals surface area contributed by atoms with E-state index in [9.17, 15) is 0 Å². The van der Waals surface area contributed by atoms with Crippen LogP contribution in [0.1, 0.15) is 11.3 Å². The van der Waals surface area contributed by atoms with Gasteiger partial charge in [-0.25, -0.2) is 0 Å². The number of hydrogen-bond acceptors (Lipinski definition) is 2. The molecule has 0 N–H and O–H groups in total. The number of nitrogens with zero attached hydrogens (tertiary/aromatic N) is 2. The molecule has 0 aliphatic heterocycles. The van der Waals surface area contributed by atoms with Crippen molar-refractivity contribution in [1.29, 1.82) is 5.26 Å². The molecular formula is C14H14N2O. The van der Waals surface area contributed by atoms with Crippen LogP contribution in [0, 0.1) is 18.3 Å². The maximum Gasteiger partial charge on any atom is 0.119 e.